The summed E-state index contributed by atoms with van der Waals surface area (Å²) in [6, 6.07) is 0.932. The Labute approximate surface area is 104 Å². The van der Waals surface area contributed by atoms with Crippen molar-refractivity contribution in [2.24, 2.45) is 17.6 Å². The van der Waals surface area contributed by atoms with Crippen LogP contribution in [0.1, 0.15) is 51.4 Å². The summed E-state index contributed by atoms with van der Waals surface area (Å²) in [5, 5.41) is 0. The van der Waals surface area contributed by atoms with Crippen molar-refractivity contribution < 1.29 is 4.79 Å². The Morgan fingerprint density at radius 3 is 2.71 bits per heavy atom. The first kappa shape index (κ1) is 11.5. The van der Waals surface area contributed by atoms with Crippen LogP contribution in [-0.2, 0) is 4.79 Å². The number of likely N-dealkylation sites (tertiary alicyclic amines) is 1. The number of carbonyl (C=O) groups excluding carboxylic acids is 1. The zero-order chi connectivity index (χ0) is 11.8. The molecule has 3 fully saturated rings. The van der Waals surface area contributed by atoms with Crippen LogP contribution in [0.25, 0.3) is 0 Å². The molecule has 3 nitrogen and oxygen atoms in total. The third kappa shape index (κ3) is 2.35. The molecule has 2 bridgehead atoms. The molecule has 4 unspecified atom stereocenters. The van der Waals surface area contributed by atoms with Crippen LogP contribution in [0.15, 0.2) is 0 Å². The van der Waals surface area contributed by atoms with E-state index in [9.17, 15) is 4.79 Å². The Hall–Kier alpha value is -0.570. The summed E-state index contributed by atoms with van der Waals surface area (Å²) < 4.78 is 0. The van der Waals surface area contributed by atoms with Crippen LogP contribution in [0.2, 0.25) is 0 Å². The first-order valence-corrected chi connectivity index (χ1v) is 7.27. The molecule has 2 saturated carbocycles. The molecule has 17 heavy (non-hydrogen) atoms. The molecule has 0 spiro atoms. The van der Waals surface area contributed by atoms with Crippen LogP contribution in [0.5, 0.6) is 0 Å². The van der Waals surface area contributed by atoms with Gasteiger partial charge in [0.1, 0.15) is 0 Å². The van der Waals surface area contributed by atoms with Crippen LogP contribution >= 0.6 is 0 Å². The van der Waals surface area contributed by atoms with Gasteiger partial charge in [0.05, 0.1) is 0 Å². The number of nitrogens with zero attached hydrogens (tertiary/aromatic N) is 1. The van der Waals surface area contributed by atoms with Gasteiger partial charge in [-0.1, -0.05) is 6.42 Å². The lowest BCUT2D eigenvalue weighted by Gasteiger charge is -2.31. The second-order valence-electron chi connectivity index (χ2n) is 6.38. The highest BCUT2D eigenvalue weighted by Gasteiger charge is 2.40. The van der Waals surface area contributed by atoms with Gasteiger partial charge in [-0.05, 0) is 50.4 Å². The van der Waals surface area contributed by atoms with Crippen molar-refractivity contribution in [3.63, 3.8) is 0 Å². The molecule has 96 valence electrons. The third-order valence-corrected chi connectivity index (χ3v) is 5.02. The van der Waals surface area contributed by atoms with Crippen LogP contribution < -0.4 is 5.73 Å². The van der Waals surface area contributed by atoms with Gasteiger partial charge < -0.3 is 10.6 Å². The van der Waals surface area contributed by atoms with E-state index in [-0.39, 0.29) is 0 Å². The van der Waals surface area contributed by atoms with Crippen LogP contribution in [0.4, 0.5) is 0 Å². The predicted molar refractivity (Wildman–Crippen MR) is 67.4 cm³/mol. The second kappa shape index (κ2) is 4.60. The number of hydrogen-bond donors (Lipinski definition) is 1. The summed E-state index contributed by atoms with van der Waals surface area (Å²) in [6.45, 7) is 1.04. The maximum atomic E-state index is 12.3. The summed E-state index contributed by atoms with van der Waals surface area (Å²) in [5.41, 5.74) is 5.99. The van der Waals surface area contributed by atoms with Crippen LogP contribution in [0, 0.1) is 11.8 Å². The highest BCUT2D eigenvalue weighted by atomic mass is 16.2. The number of rotatable bonds is 2. The van der Waals surface area contributed by atoms with E-state index in [1.165, 1.54) is 32.1 Å². The Balaban J connectivity index is 1.53. The summed E-state index contributed by atoms with van der Waals surface area (Å²) in [7, 11) is 0. The van der Waals surface area contributed by atoms with E-state index in [2.05, 4.69) is 4.90 Å². The van der Waals surface area contributed by atoms with E-state index in [1.54, 1.807) is 0 Å². The smallest absolute Gasteiger partial charge is 0.223 e. The second-order valence-corrected chi connectivity index (χ2v) is 6.38. The van der Waals surface area contributed by atoms with E-state index in [0.717, 1.165) is 31.7 Å². The summed E-state index contributed by atoms with van der Waals surface area (Å²) in [6.07, 6.45) is 9.27. The third-order valence-electron chi connectivity index (χ3n) is 5.02. The lowest BCUT2D eigenvalue weighted by molar-refractivity contribution is -0.134. The van der Waals surface area contributed by atoms with Crippen LogP contribution in [-0.4, -0.2) is 29.4 Å². The molecule has 1 saturated heterocycles. The molecule has 1 amide bonds. The highest BCUT2D eigenvalue weighted by molar-refractivity contribution is 5.77. The standard InChI is InChI=1S/C14H24N2O/c15-12-3-1-2-10(6-12)8-14(17)16-9-11-4-5-13(16)7-11/h10-13H,1-9,15H2. The largest absolute Gasteiger partial charge is 0.339 e. The maximum Gasteiger partial charge on any atom is 0.223 e. The van der Waals surface area contributed by atoms with Gasteiger partial charge in [-0.25, -0.2) is 0 Å². The monoisotopic (exact) mass is 236 g/mol. The molecular weight excluding hydrogens is 212 g/mol. The Bertz CT molecular complexity index is 305. The minimum absolute atomic E-state index is 0.344. The zero-order valence-electron chi connectivity index (χ0n) is 10.6. The number of nitrogens with two attached hydrogens (primary N) is 1. The molecule has 0 radical (unpaired) electrons. The number of piperidine rings is 1. The van der Waals surface area contributed by atoms with Crippen molar-refractivity contribution in [2.75, 3.05) is 6.54 Å². The van der Waals surface area contributed by atoms with Gasteiger partial charge >= 0.3 is 0 Å². The number of carbonyl (C=O) groups is 1. The summed E-state index contributed by atoms with van der Waals surface area (Å²) in [5.74, 6) is 1.79. The molecule has 3 heteroatoms. The van der Waals surface area contributed by atoms with E-state index < -0.39 is 0 Å². The molecule has 2 aliphatic carbocycles. The van der Waals surface area contributed by atoms with Crippen molar-refractivity contribution in [1.29, 1.82) is 0 Å². The summed E-state index contributed by atoms with van der Waals surface area (Å²) >= 11 is 0. The normalized spacial score (nSPS) is 40.9. The highest BCUT2D eigenvalue weighted by Crippen LogP contribution is 2.38. The Morgan fingerprint density at radius 1 is 1.18 bits per heavy atom. The van der Waals surface area contributed by atoms with Crippen molar-refractivity contribution in [1.82, 2.24) is 4.90 Å². The van der Waals surface area contributed by atoms with E-state index in [1.807, 2.05) is 0 Å². The molecule has 0 aromatic rings. The molecule has 0 aromatic heterocycles. The van der Waals surface area contributed by atoms with Gasteiger partial charge in [-0.15, -0.1) is 0 Å². The van der Waals surface area contributed by atoms with E-state index in [0.29, 0.717) is 23.9 Å². The molecule has 3 rings (SSSR count). The molecule has 1 aliphatic heterocycles. The van der Waals surface area contributed by atoms with Crippen molar-refractivity contribution in [3.05, 3.63) is 0 Å². The van der Waals surface area contributed by atoms with Gasteiger partial charge in [0, 0.05) is 25.0 Å². The lowest BCUT2D eigenvalue weighted by atomic mass is 9.84. The molecule has 0 aromatic carbocycles. The van der Waals surface area contributed by atoms with Gasteiger partial charge in [-0.3, -0.25) is 4.79 Å². The van der Waals surface area contributed by atoms with E-state index in [4.69, 9.17) is 5.73 Å². The maximum absolute atomic E-state index is 12.3. The van der Waals surface area contributed by atoms with Crippen molar-refractivity contribution >= 4 is 5.91 Å². The Morgan fingerprint density at radius 2 is 2.06 bits per heavy atom. The SMILES string of the molecule is NC1CCCC(CC(=O)N2CC3CCC2C3)C1. The molecule has 2 N–H and O–H groups in total. The topological polar surface area (TPSA) is 46.3 Å². The fourth-order valence-corrected chi connectivity index (χ4v) is 4.11. The lowest BCUT2D eigenvalue weighted by Crippen LogP contribution is -2.39. The average Bonchev–Trinajstić information content (AvgIpc) is 2.90. The first-order chi connectivity index (χ1) is 8.22. The summed E-state index contributed by atoms with van der Waals surface area (Å²) in [4.78, 5) is 14.5. The van der Waals surface area contributed by atoms with Crippen molar-refractivity contribution in [3.8, 4) is 0 Å². The molecule has 1 heterocycles. The molecular formula is C14H24N2O. The molecule has 4 atom stereocenters. The van der Waals surface area contributed by atoms with Gasteiger partial charge in [0.25, 0.3) is 0 Å². The zero-order valence-corrected chi connectivity index (χ0v) is 10.6. The first-order valence-electron chi connectivity index (χ1n) is 7.27. The molecule has 3 aliphatic rings. The number of amides is 1. The fraction of sp³-hybridized carbons (Fsp3) is 0.929. The minimum Gasteiger partial charge on any atom is -0.339 e. The Kier molecular flexibility index (Phi) is 3.12. The van der Waals surface area contributed by atoms with Gasteiger partial charge in [-0.2, -0.15) is 0 Å². The van der Waals surface area contributed by atoms with Gasteiger partial charge in [0.15, 0.2) is 0 Å². The number of hydrogen-bond acceptors (Lipinski definition) is 2. The predicted octanol–water partition coefficient (Wildman–Crippen LogP) is 1.90. The minimum atomic E-state index is 0.344. The van der Waals surface area contributed by atoms with Crippen molar-refractivity contribution in [2.45, 2.75) is 63.5 Å². The quantitative estimate of drug-likeness (QED) is 0.796. The van der Waals surface area contributed by atoms with Crippen LogP contribution in [0.3, 0.4) is 0 Å². The fourth-order valence-electron chi connectivity index (χ4n) is 4.11. The number of fused-ring (bicyclic) bond motifs is 2. The van der Waals surface area contributed by atoms with E-state index >= 15 is 0 Å². The average molecular weight is 236 g/mol. The van der Waals surface area contributed by atoms with Gasteiger partial charge in [0.2, 0.25) is 5.91 Å².